The third-order valence-corrected chi connectivity index (χ3v) is 18.0. The summed E-state index contributed by atoms with van der Waals surface area (Å²) >= 11 is 0. The largest absolute Gasteiger partial charge is 0.456 e. The summed E-state index contributed by atoms with van der Waals surface area (Å²) in [7, 11) is 0. The molecule has 0 radical (unpaired) electrons. The summed E-state index contributed by atoms with van der Waals surface area (Å²) in [5, 5.41) is 15.7. The highest BCUT2D eigenvalue weighted by Crippen LogP contribution is 2.47. The molecule has 7 nitrogen and oxygen atoms in total. The van der Waals surface area contributed by atoms with Crippen molar-refractivity contribution < 1.29 is 13.3 Å². The maximum Gasteiger partial charge on any atom is 0.137 e. The molecule has 5 aromatic heterocycles. The Morgan fingerprint density at radius 1 is 0.207 bits per heavy atom. The Kier molecular flexibility index (Phi) is 10.1. The fraction of sp³-hybridized carbons (Fsp3) is 0. The van der Waals surface area contributed by atoms with Crippen molar-refractivity contribution in [3.63, 3.8) is 0 Å². The topological polar surface area (TPSA) is 55.8 Å². The zero-order valence-corrected chi connectivity index (χ0v) is 46.7. The molecule has 0 fully saturated rings. The van der Waals surface area contributed by atoms with E-state index in [2.05, 4.69) is 310 Å². The van der Waals surface area contributed by atoms with Crippen LogP contribution in [0.25, 0.3) is 142 Å². The minimum atomic E-state index is 0.789. The summed E-state index contributed by atoms with van der Waals surface area (Å²) in [6.45, 7) is 0. The van der Waals surface area contributed by atoms with Gasteiger partial charge in [0, 0.05) is 111 Å². The Morgan fingerprint density at radius 2 is 0.529 bits per heavy atom. The van der Waals surface area contributed by atoms with Crippen LogP contribution in [0.5, 0.6) is 0 Å². The molecular weight excluding hydrogens is 1060 g/mol. The van der Waals surface area contributed by atoms with Crippen molar-refractivity contribution in [2.45, 2.75) is 0 Å². The van der Waals surface area contributed by atoms with Gasteiger partial charge < -0.3 is 32.2 Å². The van der Waals surface area contributed by atoms with E-state index in [1.165, 1.54) is 54.1 Å². The lowest BCUT2D eigenvalue weighted by Crippen LogP contribution is -2.09. The second-order valence-corrected chi connectivity index (χ2v) is 22.8. The Labute approximate surface area is 497 Å². The van der Waals surface area contributed by atoms with Crippen LogP contribution < -0.4 is 9.80 Å². The summed E-state index contributed by atoms with van der Waals surface area (Å²) in [6, 6.07) is 104. The molecule has 406 valence electrons. The Hall–Kier alpha value is -11.8. The van der Waals surface area contributed by atoms with Gasteiger partial charge in [0.2, 0.25) is 0 Å². The summed E-state index contributed by atoms with van der Waals surface area (Å²) in [5.41, 5.74) is 17.8. The standard InChI is InChI=1S/C80H48N4O3/c1-5-19-51(20-6-1)81(55-33-39-69-67(41-55)79-59-27-15-13-17-49(59)29-37-71(79)83(69)53-23-9-3-10-24-53)57-31-35-61-63-45-77-65(47-75(63)85-73(61)43-57)66-48-76-64(46-78(66)87-77)62-36-32-58(44-74(62)86-76)82(52-21-7-2-8-22-52)56-34-40-70-68(42-56)80-60-28-16-14-18-50(60)30-38-72(80)84(70)54-25-11-4-12-26-54/h1-48H. The predicted octanol–water partition coefficient (Wildman–Crippen LogP) is 22.8. The SMILES string of the molecule is c1ccc(N(c2ccc3c(c2)oc2cc4c(cc23)oc2cc3c(cc24)oc2cc(N(c4ccccc4)c4ccc5c(c4)c4c6ccccc6ccc4n5-c4ccccc4)ccc23)c2ccc3c(c2)c2c4ccccc4ccc2n3-c2ccccc2)cc1. The molecule has 0 amide bonds. The van der Waals surface area contributed by atoms with Gasteiger partial charge in [-0.25, -0.2) is 0 Å². The smallest absolute Gasteiger partial charge is 0.137 e. The lowest BCUT2D eigenvalue weighted by molar-refractivity contribution is 0.662. The fourth-order valence-corrected chi connectivity index (χ4v) is 14.2. The van der Waals surface area contributed by atoms with E-state index in [9.17, 15) is 0 Å². The highest BCUT2D eigenvalue weighted by Gasteiger charge is 2.24. The van der Waals surface area contributed by atoms with Crippen LogP contribution in [-0.4, -0.2) is 9.13 Å². The fourth-order valence-electron chi connectivity index (χ4n) is 14.2. The van der Waals surface area contributed by atoms with Crippen LogP contribution in [0.2, 0.25) is 0 Å². The number of furan rings is 3. The number of aromatic nitrogens is 2. The number of para-hydroxylation sites is 4. The van der Waals surface area contributed by atoms with Crippen LogP contribution in [0.1, 0.15) is 0 Å². The van der Waals surface area contributed by atoms with Gasteiger partial charge in [-0.3, -0.25) is 0 Å². The van der Waals surface area contributed by atoms with Crippen molar-refractivity contribution in [2.75, 3.05) is 9.80 Å². The van der Waals surface area contributed by atoms with E-state index < -0.39 is 0 Å². The van der Waals surface area contributed by atoms with E-state index in [4.69, 9.17) is 13.3 Å². The Bertz CT molecular complexity index is 5650. The number of hydrogen-bond donors (Lipinski definition) is 0. The van der Waals surface area contributed by atoms with E-state index in [0.29, 0.717) is 0 Å². The monoisotopic (exact) mass is 1110 g/mol. The highest BCUT2D eigenvalue weighted by atomic mass is 16.3. The number of hydrogen-bond acceptors (Lipinski definition) is 5. The molecule has 19 aromatic rings. The average Bonchev–Trinajstić information content (AvgIpc) is 1.72. The van der Waals surface area contributed by atoms with Crippen molar-refractivity contribution in [1.82, 2.24) is 9.13 Å². The van der Waals surface area contributed by atoms with Crippen molar-refractivity contribution in [1.29, 1.82) is 0 Å². The van der Waals surface area contributed by atoms with Crippen molar-refractivity contribution >= 4 is 165 Å². The lowest BCUT2D eigenvalue weighted by Gasteiger charge is -2.25. The molecule has 7 heteroatoms. The quantitative estimate of drug-likeness (QED) is 0.152. The molecule has 0 bridgehead atoms. The molecule has 0 spiro atoms. The highest BCUT2D eigenvalue weighted by molar-refractivity contribution is 6.24. The molecule has 0 N–H and O–H groups in total. The summed E-state index contributed by atoms with van der Waals surface area (Å²) < 4.78 is 25.4. The van der Waals surface area contributed by atoms with Gasteiger partial charge in [-0.2, -0.15) is 0 Å². The molecule has 0 saturated carbocycles. The van der Waals surface area contributed by atoms with Gasteiger partial charge in [0.05, 0.1) is 22.1 Å². The van der Waals surface area contributed by atoms with Crippen molar-refractivity contribution in [3.05, 3.63) is 291 Å². The van der Waals surface area contributed by atoms with Crippen LogP contribution in [0.3, 0.4) is 0 Å². The molecule has 19 rings (SSSR count). The first-order valence-corrected chi connectivity index (χ1v) is 29.5. The Balaban J connectivity index is 0.716. The van der Waals surface area contributed by atoms with Crippen molar-refractivity contribution in [3.8, 4) is 11.4 Å². The number of rotatable bonds is 8. The first kappa shape index (κ1) is 47.7. The predicted molar refractivity (Wildman–Crippen MR) is 361 cm³/mol. The molecule has 0 aliphatic carbocycles. The first-order chi connectivity index (χ1) is 43.1. The van der Waals surface area contributed by atoms with E-state index in [-0.39, 0.29) is 0 Å². The summed E-state index contributed by atoms with van der Waals surface area (Å²) in [6.07, 6.45) is 0. The molecule has 87 heavy (non-hydrogen) atoms. The molecule has 0 aliphatic heterocycles. The molecule has 5 heterocycles. The van der Waals surface area contributed by atoms with Gasteiger partial charge in [0.1, 0.15) is 33.5 Å². The third-order valence-electron chi connectivity index (χ3n) is 18.0. The second kappa shape index (κ2) is 18.3. The molecule has 14 aromatic carbocycles. The summed E-state index contributed by atoms with van der Waals surface area (Å²) in [5.74, 6) is 0. The zero-order valence-electron chi connectivity index (χ0n) is 46.7. The zero-order chi connectivity index (χ0) is 56.8. The van der Waals surface area contributed by atoms with Gasteiger partial charge in [-0.15, -0.1) is 0 Å². The third kappa shape index (κ3) is 7.17. The van der Waals surface area contributed by atoms with Crippen LogP contribution in [0.4, 0.5) is 34.1 Å². The second-order valence-electron chi connectivity index (χ2n) is 22.8. The Morgan fingerprint density at radius 3 is 0.943 bits per heavy atom. The van der Waals surface area contributed by atoms with E-state index in [1.807, 2.05) is 0 Å². The lowest BCUT2D eigenvalue weighted by atomic mass is 10.0. The number of nitrogens with zero attached hydrogens (tertiary/aromatic N) is 4. The van der Waals surface area contributed by atoms with Gasteiger partial charge in [0.15, 0.2) is 0 Å². The molecule has 0 aliphatic rings. The maximum absolute atomic E-state index is 6.90. The van der Waals surface area contributed by atoms with Gasteiger partial charge in [-0.05, 0) is 167 Å². The minimum absolute atomic E-state index is 0.789. The van der Waals surface area contributed by atoms with Crippen LogP contribution in [0, 0.1) is 0 Å². The van der Waals surface area contributed by atoms with Crippen LogP contribution in [-0.2, 0) is 0 Å². The van der Waals surface area contributed by atoms with E-state index in [1.54, 1.807) is 0 Å². The minimum Gasteiger partial charge on any atom is -0.456 e. The summed E-state index contributed by atoms with van der Waals surface area (Å²) in [4.78, 5) is 4.66. The first-order valence-electron chi connectivity index (χ1n) is 29.5. The molecule has 0 atom stereocenters. The van der Waals surface area contributed by atoms with Gasteiger partial charge in [-0.1, -0.05) is 133 Å². The van der Waals surface area contributed by atoms with Crippen LogP contribution >= 0.6 is 0 Å². The maximum atomic E-state index is 6.90. The van der Waals surface area contributed by atoms with Gasteiger partial charge in [0.25, 0.3) is 0 Å². The molecule has 0 unspecified atom stereocenters. The van der Waals surface area contributed by atoms with Crippen molar-refractivity contribution in [2.24, 2.45) is 0 Å². The van der Waals surface area contributed by atoms with E-state index in [0.717, 1.165) is 122 Å². The van der Waals surface area contributed by atoms with E-state index >= 15 is 0 Å². The average molecular weight is 1110 g/mol. The molecular formula is C80H48N4O3. The normalized spacial score (nSPS) is 12.1. The van der Waals surface area contributed by atoms with Crippen LogP contribution in [0.15, 0.2) is 304 Å². The number of fused-ring (bicyclic) bond motifs is 19. The number of anilines is 6. The number of benzene rings is 14. The molecule has 0 saturated heterocycles. The van der Waals surface area contributed by atoms with Gasteiger partial charge >= 0.3 is 0 Å².